The molecule has 0 fully saturated rings. The number of hydrogen-bond donors (Lipinski definition) is 2. The van der Waals surface area contributed by atoms with Gasteiger partial charge in [0.2, 0.25) is 0 Å². The lowest BCUT2D eigenvalue weighted by molar-refractivity contribution is -0.485. The van der Waals surface area contributed by atoms with E-state index in [0.29, 0.717) is 22.0 Å². The van der Waals surface area contributed by atoms with Gasteiger partial charge < -0.3 is 10.6 Å². The molecule has 0 spiro atoms. The predicted octanol–water partition coefficient (Wildman–Crippen LogP) is 2.33. The second-order valence-corrected chi connectivity index (χ2v) is 6.95. The van der Waals surface area contributed by atoms with Crippen molar-refractivity contribution >= 4 is 51.8 Å². The van der Waals surface area contributed by atoms with Crippen LogP contribution in [0.15, 0.2) is 17.5 Å². The normalized spacial score (nSPS) is 10.2. The van der Waals surface area contributed by atoms with E-state index in [2.05, 4.69) is 25.7 Å². The Hall–Kier alpha value is -1.49. The molecule has 0 amide bonds. The summed E-state index contributed by atoms with van der Waals surface area (Å²) >= 11 is 14.0. The van der Waals surface area contributed by atoms with E-state index in [-0.39, 0.29) is 5.96 Å². The second kappa shape index (κ2) is 7.50. The first-order chi connectivity index (χ1) is 10.0. The molecule has 2 aromatic rings. The molecule has 0 aliphatic carbocycles. The zero-order valence-corrected chi connectivity index (χ0v) is 13.4. The van der Waals surface area contributed by atoms with E-state index in [4.69, 9.17) is 23.2 Å². The highest BCUT2D eigenvalue weighted by atomic mass is 35.5. The summed E-state index contributed by atoms with van der Waals surface area (Å²) in [6, 6.07) is 0. The van der Waals surface area contributed by atoms with E-state index >= 15 is 0 Å². The monoisotopic (exact) mass is 366 g/mol. The van der Waals surface area contributed by atoms with Crippen LogP contribution in [0.5, 0.6) is 0 Å². The van der Waals surface area contributed by atoms with E-state index in [1.54, 1.807) is 12.4 Å². The summed E-state index contributed by atoms with van der Waals surface area (Å²) < 4.78 is 0.818. The van der Waals surface area contributed by atoms with E-state index < -0.39 is 5.03 Å². The van der Waals surface area contributed by atoms with Crippen LogP contribution in [-0.2, 0) is 13.1 Å². The Balaban J connectivity index is 1.93. The summed E-state index contributed by atoms with van der Waals surface area (Å²) in [5.41, 5.74) is 0. The lowest BCUT2D eigenvalue weighted by Crippen LogP contribution is -2.36. The fraction of sp³-hybridized carbons (Fsp3) is 0.222. The van der Waals surface area contributed by atoms with Crippen molar-refractivity contribution in [2.45, 2.75) is 13.1 Å². The highest BCUT2D eigenvalue weighted by Gasteiger charge is 2.08. The highest BCUT2D eigenvalue weighted by molar-refractivity contribution is 7.16. The van der Waals surface area contributed by atoms with Gasteiger partial charge in [-0.3, -0.25) is 0 Å². The third-order valence-electron chi connectivity index (χ3n) is 2.09. The molecule has 0 saturated carbocycles. The number of halogens is 2. The van der Waals surface area contributed by atoms with Gasteiger partial charge in [-0.25, -0.2) is 20.1 Å². The van der Waals surface area contributed by atoms with Gasteiger partial charge in [-0.2, -0.15) is 0 Å². The minimum Gasteiger partial charge on any atom is -0.346 e. The van der Waals surface area contributed by atoms with Gasteiger partial charge in [0.1, 0.15) is 5.10 Å². The number of rotatable bonds is 5. The van der Waals surface area contributed by atoms with Gasteiger partial charge in [0.15, 0.2) is 14.0 Å². The standard InChI is InChI=1S/C9H8Cl2N6O2S2/c10-7-12-1-5(20-7)3-14-9(16-17(18)19)15-4-6-2-13-8(11)21-6/h1-2H,3-4H2,(H2,14,15,16). The van der Waals surface area contributed by atoms with Crippen LogP contribution in [0.25, 0.3) is 0 Å². The summed E-state index contributed by atoms with van der Waals surface area (Å²) in [5, 5.41) is 18.6. The van der Waals surface area contributed by atoms with Crippen LogP contribution in [0.3, 0.4) is 0 Å². The van der Waals surface area contributed by atoms with Gasteiger partial charge in [0.25, 0.3) is 5.96 Å². The molecule has 8 nitrogen and oxygen atoms in total. The maximum atomic E-state index is 10.5. The van der Waals surface area contributed by atoms with E-state index in [1.165, 1.54) is 22.7 Å². The van der Waals surface area contributed by atoms with Gasteiger partial charge >= 0.3 is 0 Å². The lowest BCUT2D eigenvalue weighted by atomic mass is 10.5. The van der Waals surface area contributed by atoms with Crippen LogP contribution in [0.2, 0.25) is 8.93 Å². The number of hydrogen-bond acceptors (Lipinski definition) is 6. The molecule has 21 heavy (non-hydrogen) atoms. The molecular formula is C9H8Cl2N6O2S2. The molecule has 2 aromatic heterocycles. The number of aromatic nitrogens is 2. The Morgan fingerprint density at radius 3 is 2.00 bits per heavy atom. The van der Waals surface area contributed by atoms with Crippen molar-refractivity contribution in [1.82, 2.24) is 20.6 Å². The number of thiazole rings is 2. The third-order valence-corrected chi connectivity index (χ3v) is 4.32. The fourth-order valence-corrected chi connectivity index (χ4v) is 3.12. The lowest BCUT2D eigenvalue weighted by Gasteiger charge is -2.07. The minimum atomic E-state index is -0.783. The molecule has 12 heteroatoms. The van der Waals surface area contributed by atoms with Crippen molar-refractivity contribution in [3.8, 4) is 0 Å². The summed E-state index contributed by atoms with van der Waals surface area (Å²) in [7, 11) is 0. The molecule has 2 rings (SSSR count). The van der Waals surface area contributed by atoms with Crippen LogP contribution in [0.4, 0.5) is 0 Å². The Morgan fingerprint density at radius 2 is 1.67 bits per heavy atom. The quantitative estimate of drug-likeness (QED) is 0.364. The van der Waals surface area contributed by atoms with Crippen molar-refractivity contribution in [2.24, 2.45) is 5.10 Å². The number of nitrogens with one attached hydrogen (secondary N) is 2. The number of nitro groups is 1. The van der Waals surface area contributed by atoms with Gasteiger partial charge in [-0.1, -0.05) is 23.2 Å². The topological polar surface area (TPSA) is 105 Å². The summed E-state index contributed by atoms with van der Waals surface area (Å²) in [6.45, 7) is 0.654. The molecule has 2 N–H and O–H groups in total. The van der Waals surface area contributed by atoms with Crippen LogP contribution in [0.1, 0.15) is 9.75 Å². The largest absolute Gasteiger partial charge is 0.346 e. The molecule has 0 aliphatic rings. The fourth-order valence-electron chi connectivity index (χ4n) is 1.29. The Morgan fingerprint density at radius 1 is 1.19 bits per heavy atom. The van der Waals surface area contributed by atoms with Gasteiger partial charge in [0.05, 0.1) is 13.1 Å². The van der Waals surface area contributed by atoms with Crippen molar-refractivity contribution in [2.75, 3.05) is 0 Å². The number of nitrogens with zero attached hydrogens (tertiary/aromatic N) is 4. The van der Waals surface area contributed by atoms with Gasteiger partial charge in [-0.05, 0) is 0 Å². The summed E-state index contributed by atoms with van der Waals surface area (Å²) in [6.07, 6.45) is 3.18. The van der Waals surface area contributed by atoms with Gasteiger partial charge in [0, 0.05) is 22.1 Å². The SMILES string of the molecule is O=[N+]([O-])N=C(NCc1cnc(Cl)s1)NCc1cnc(Cl)s1. The second-order valence-electron chi connectivity index (χ2n) is 3.55. The van der Waals surface area contributed by atoms with Gasteiger partial charge in [-0.15, -0.1) is 22.7 Å². The van der Waals surface area contributed by atoms with E-state index in [1.807, 2.05) is 0 Å². The zero-order chi connectivity index (χ0) is 15.2. The first-order valence-electron chi connectivity index (χ1n) is 5.44. The van der Waals surface area contributed by atoms with Crippen molar-refractivity contribution in [1.29, 1.82) is 0 Å². The molecule has 112 valence electrons. The van der Waals surface area contributed by atoms with Crippen LogP contribution in [0, 0.1) is 10.1 Å². The first kappa shape index (κ1) is 15.9. The molecule has 0 aromatic carbocycles. The van der Waals surface area contributed by atoms with Crippen LogP contribution in [-0.4, -0.2) is 21.0 Å². The maximum absolute atomic E-state index is 10.5. The first-order valence-corrected chi connectivity index (χ1v) is 7.83. The molecule has 0 atom stereocenters. The van der Waals surface area contributed by atoms with Crippen molar-refractivity contribution in [3.05, 3.63) is 41.2 Å². The Bertz CT molecular complexity index is 612. The van der Waals surface area contributed by atoms with Crippen molar-refractivity contribution < 1.29 is 5.03 Å². The maximum Gasteiger partial charge on any atom is 0.269 e. The molecule has 0 aliphatic heterocycles. The third kappa shape index (κ3) is 5.42. The number of guanidine groups is 1. The molecule has 0 radical (unpaired) electrons. The van der Waals surface area contributed by atoms with Crippen molar-refractivity contribution in [3.63, 3.8) is 0 Å². The molecule has 0 unspecified atom stereocenters. The Kier molecular flexibility index (Phi) is 5.67. The molecule has 2 heterocycles. The average Bonchev–Trinajstić information content (AvgIpc) is 3.01. The van der Waals surface area contributed by atoms with E-state index in [0.717, 1.165) is 9.75 Å². The molecule has 0 bridgehead atoms. The smallest absolute Gasteiger partial charge is 0.269 e. The average molecular weight is 367 g/mol. The summed E-state index contributed by atoms with van der Waals surface area (Å²) in [4.78, 5) is 19.9. The Labute approximate surface area is 137 Å². The minimum absolute atomic E-state index is 0.0362. The number of hydrazone groups is 1. The van der Waals surface area contributed by atoms with Crippen LogP contribution < -0.4 is 10.6 Å². The van der Waals surface area contributed by atoms with E-state index in [9.17, 15) is 10.1 Å². The predicted molar refractivity (Wildman–Crippen MR) is 82.4 cm³/mol. The molecular weight excluding hydrogens is 359 g/mol. The van der Waals surface area contributed by atoms with Crippen LogP contribution >= 0.6 is 45.9 Å². The summed E-state index contributed by atoms with van der Waals surface area (Å²) in [5.74, 6) is 0.0362. The zero-order valence-electron chi connectivity index (χ0n) is 10.2. The molecule has 0 saturated heterocycles. The highest BCUT2D eigenvalue weighted by Crippen LogP contribution is 2.18.